The van der Waals surface area contributed by atoms with Crippen LogP contribution in [0.3, 0.4) is 0 Å². The Labute approximate surface area is 273 Å². The number of nitrogens with one attached hydrogen (secondary N) is 1. The number of carbonyl (C=O) groups excluding carboxylic acids is 2. The monoisotopic (exact) mass is 634 g/mol. The van der Waals surface area contributed by atoms with E-state index in [1.807, 2.05) is 49.4 Å². The summed E-state index contributed by atoms with van der Waals surface area (Å²) in [6, 6.07) is 31.3. The van der Waals surface area contributed by atoms with Crippen LogP contribution in [0, 0.1) is 5.92 Å². The molecule has 2 N–H and O–H groups in total. The Balaban J connectivity index is 1.26. The van der Waals surface area contributed by atoms with Crippen LogP contribution in [-0.4, -0.2) is 70.6 Å². The minimum absolute atomic E-state index is 0.0676. The molecule has 8 nitrogen and oxygen atoms in total. The third-order valence-corrected chi connectivity index (χ3v) is 9.47. The van der Waals surface area contributed by atoms with Crippen molar-refractivity contribution in [1.82, 2.24) is 14.8 Å². The van der Waals surface area contributed by atoms with Crippen molar-refractivity contribution in [2.24, 2.45) is 5.92 Å². The van der Waals surface area contributed by atoms with Crippen LogP contribution in [0.2, 0.25) is 0 Å². The van der Waals surface area contributed by atoms with Gasteiger partial charge < -0.3 is 20.1 Å². The van der Waals surface area contributed by atoms with E-state index in [4.69, 9.17) is 4.74 Å². The molecular weight excluding hydrogens is 596 g/mol. The number of thiazole rings is 1. The number of amides is 2. The number of likely N-dealkylation sites (N-methyl/N-ethyl adjacent to an activating group) is 1. The highest BCUT2D eigenvalue weighted by Crippen LogP contribution is 2.36. The number of aliphatic hydroxyl groups is 1. The molecule has 236 valence electrons. The van der Waals surface area contributed by atoms with Crippen LogP contribution < -0.4 is 10.1 Å². The van der Waals surface area contributed by atoms with Gasteiger partial charge in [-0.2, -0.15) is 0 Å². The topological polar surface area (TPSA) is 95.0 Å². The summed E-state index contributed by atoms with van der Waals surface area (Å²) in [4.78, 5) is 35.7. The molecule has 1 aliphatic heterocycles. The van der Waals surface area contributed by atoms with E-state index in [1.54, 1.807) is 23.1 Å². The number of nitrogens with zero attached hydrogens (tertiary/aromatic N) is 3. The first-order valence-electron chi connectivity index (χ1n) is 15.5. The Hall–Kier alpha value is -4.57. The molecule has 2 heterocycles. The summed E-state index contributed by atoms with van der Waals surface area (Å²) in [6.45, 7) is 5.45. The number of ether oxygens (including phenoxy) is 1. The van der Waals surface area contributed by atoms with Crippen molar-refractivity contribution in [3.8, 4) is 16.9 Å². The van der Waals surface area contributed by atoms with Gasteiger partial charge in [-0.25, -0.2) is 4.98 Å². The van der Waals surface area contributed by atoms with Gasteiger partial charge in [0.2, 0.25) is 0 Å². The predicted octanol–water partition coefficient (Wildman–Crippen LogP) is 6.57. The van der Waals surface area contributed by atoms with Crippen LogP contribution >= 0.6 is 11.3 Å². The number of aliphatic hydroxyl groups excluding tert-OH is 1. The van der Waals surface area contributed by atoms with Crippen molar-refractivity contribution >= 4 is 39.1 Å². The molecular formula is C37H38N4O4S. The maximum atomic E-state index is 13.9. The summed E-state index contributed by atoms with van der Waals surface area (Å²) in [5, 5.41) is 13.3. The molecule has 6 rings (SSSR count). The van der Waals surface area contributed by atoms with E-state index in [9.17, 15) is 14.7 Å². The molecule has 0 fully saturated rings. The van der Waals surface area contributed by atoms with Crippen LogP contribution in [0.25, 0.3) is 21.3 Å². The highest BCUT2D eigenvalue weighted by molar-refractivity contribution is 7.20. The minimum atomic E-state index is -0.386. The molecule has 1 aliphatic rings. The van der Waals surface area contributed by atoms with Gasteiger partial charge in [0.25, 0.3) is 11.8 Å². The number of benzene rings is 4. The van der Waals surface area contributed by atoms with Crippen molar-refractivity contribution in [2.75, 3.05) is 32.1 Å². The highest BCUT2D eigenvalue weighted by atomic mass is 32.1. The zero-order valence-corrected chi connectivity index (χ0v) is 27.0. The van der Waals surface area contributed by atoms with Crippen LogP contribution in [0.15, 0.2) is 97.1 Å². The van der Waals surface area contributed by atoms with Gasteiger partial charge in [-0.15, -0.1) is 11.3 Å². The minimum Gasteiger partial charge on any atom is -0.486 e. The third-order valence-electron chi connectivity index (χ3n) is 8.43. The zero-order valence-electron chi connectivity index (χ0n) is 26.2. The van der Waals surface area contributed by atoms with E-state index in [1.165, 1.54) is 28.0 Å². The SMILES string of the molecule is C[C@@H]1CN([C@H](C)CO)C(=O)c2cccc(NC(=O)c3nc4ccccc4s3)c2O[C@@H]1CN(C)Cc1ccc(-c2ccccc2)cc1. The molecule has 0 saturated carbocycles. The molecule has 46 heavy (non-hydrogen) atoms. The Morgan fingerprint density at radius 1 is 1.02 bits per heavy atom. The summed E-state index contributed by atoms with van der Waals surface area (Å²) in [5.41, 5.74) is 5.04. The van der Waals surface area contributed by atoms with E-state index in [0.717, 1.165) is 10.2 Å². The fourth-order valence-corrected chi connectivity index (χ4v) is 6.68. The van der Waals surface area contributed by atoms with E-state index in [2.05, 4.69) is 65.6 Å². The average Bonchev–Trinajstić information content (AvgIpc) is 3.52. The fourth-order valence-electron chi connectivity index (χ4n) is 5.82. The highest BCUT2D eigenvalue weighted by Gasteiger charge is 2.34. The Kier molecular flexibility index (Phi) is 9.44. The summed E-state index contributed by atoms with van der Waals surface area (Å²) >= 11 is 1.31. The maximum absolute atomic E-state index is 13.9. The number of anilines is 1. The van der Waals surface area contributed by atoms with E-state index < -0.39 is 0 Å². The van der Waals surface area contributed by atoms with Crippen LogP contribution in [-0.2, 0) is 6.54 Å². The number of aromatic nitrogens is 1. The first-order valence-corrected chi connectivity index (χ1v) is 16.3. The quantitative estimate of drug-likeness (QED) is 0.191. The lowest BCUT2D eigenvalue weighted by Crippen LogP contribution is -2.49. The van der Waals surface area contributed by atoms with E-state index in [-0.39, 0.29) is 36.5 Å². The number of hydrogen-bond acceptors (Lipinski definition) is 7. The molecule has 3 atom stereocenters. The smallest absolute Gasteiger partial charge is 0.284 e. The molecule has 0 unspecified atom stereocenters. The van der Waals surface area contributed by atoms with Crippen molar-refractivity contribution in [1.29, 1.82) is 0 Å². The average molecular weight is 635 g/mol. The Morgan fingerprint density at radius 3 is 2.48 bits per heavy atom. The second kappa shape index (κ2) is 13.8. The van der Waals surface area contributed by atoms with Crippen molar-refractivity contribution in [2.45, 2.75) is 32.5 Å². The van der Waals surface area contributed by atoms with Crippen molar-refractivity contribution in [3.05, 3.63) is 113 Å². The number of carbonyl (C=O) groups is 2. The Morgan fingerprint density at radius 2 is 1.74 bits per heavy atom. The maximum Gasteiger partial charge on any atom is 0.284 e. The lowest BCUT2D eigenvalue weighted by atomic mass is 9.98. The molecule has 0 radical (unpaired) electrons. The van der Waals surface area contributed by atoms with Gasteiger partial charge in [0.05, 0.1) is 34.1 Å². The van der Waals surface area contributed by atoms with Crippen molar-refractivity contribution in [3.63, 3.8) is 0 Å². The second-order valence-corrected chi connectivity index (χ2v) is 13.0. The lowest BCUT2D eigenvalue weighted by Gasteiger charge is -2.38. The normalized spacial score (nSPS) is 17.2. The standard InChI is InChI=1S/C37H38N4O4S/c1-24-20-41(25(2)23-42)37(44)29-12-9-14-31(38-35(43)36-39-30-13-7-8-15-33(30)46-36)34(29)45-32(24)22-40(3)21-26-16-18-28(19-17-26)27-10-5-4-6-11-27/h4-19,24-25,32,42H,20-23H2,1-3H3,(H,38,43)/t24-,25-,32-/m1/s1. The molecule has 4 aromatic carbocycles. The summed E-state index contributed by atoms with van der Waals surface area (Å²) in [5.74, 6) is -0.352. The third kappa shape index (κ3) is 6.82. The molecule has 0 saturated heterocycles. The summed E-state index contributed by atoms with van der Waals surface area (Å²) in [6.07, 6.45) is -0.311. The molecule has 5 aromatic rings. The molecule has 0 aliphatic carbocycles. The molecule has 0 spiro atoms. The second-order valence-electron chi connectivity index (χ2n) is 12.0. The van der Waals surface area contributed by atoms with Crippen LogP contribution in [0.4, 0.5) is 5.69 Å². The zero-order chi connectivity index (χ0) is 32.2. The van der Waals surface area contributed by atoms with Crippen LogP contribution in [0.1, 0.15) is 39.6 Å². The van der Waals surface area contributed by atoms with Crippen molar-refractivity contribution < 1.29 is 19.4 Å². The van der Waals surface area contributed by atoms with Gasteiger partial charge in [0.15, 0.2) is 10.8 Å². The molecule has 1 aromatic heterocycles. The lowest BCUT2D eigenvalue weighted by molar-refractivity contribution is 0.0343. The molecule has 9 heteroatoms. The van der Waals surface area contributed by atoms with Gasteiger partial charge in [-0.1, -0.05) is 79.7 Å². The largest absolute Gasteiger partial charge is 0.486 e. The van der Waals surface area contributed by atoms with Gasteiger partial charge in [0, 0.05) is 25.6 Å². The summed E-state index contributed by atoms with van der Waals surface area (Å²) in [7, 11) is 2.06. The number of hydrogen-bond donors (Lipinski definition) is 2. The van der Waals surface area contributed by atoms with E-state index >= 15 is 0 Å². The predicted molar refractivity (Wildman–Crippen MR) is 183 cm³/mol. The summed E-state index contributed by atoms with van der Waals surface area (Å²) < 4.78 is 7.63. The number of para-hydroxylation sites is 2. The van der Waals surface area contributed by atoms with Gasteiger partial charge in [-0.3, -0.25) is 14.5 Å². The van der Waals surface area contributed by atoms with Gasteiger partial charge in [0.1, 0.15) is 6.10 Å². The number of rotatable bonds is 9. The first-order chi connectivity index (χ1) is 22.3. The van der Waals surface area contributed by atoms with Crippen LogP contribution in [0.5, 0.6) is 5.75 Å². The van der Waals surface area contributed by atoms with E-state index in [0.29, 0.717) is 41.6 Å². The fraction of sp³-hybridized carbons (Fsp3) is 0.270. The van der Waals surface area contributed by atoms with Gasteiger partial charge in [-0.05, 0) is 54.9 Å². The number of fused-ring (bicyclic) bond motifs is 2. The Bertz CT molecular complexity index is 1790. The molecule has 0 bridgehead atoms. The first kappa shape index (κ1) is 31.4. The van der Waals surface area contributed by atoms with Gasteiger partial charge >= 0.3 is 0 Å². The molecule has 2 amide bonds.